The molecule has 0 heterocycles. The molecule has 0 amide bonds. The van der Waals surface area contributed by atoms with Crippen LogP contribution in [0.25, 0.3) is 6.08 Å². The van der Waals surface area contributed by atoms with Crippen LogP contribution in [0.3, 0.4) is 0 Å². The number of nitrogens with one attached hydrogen (secondary N) is 1. The molecule has 1 saturated carbocycles. The zero-order valence-electron chi connectivity index (χ0n) is 14.1. The summed E-state index contributed by atoms with van der Waals surface area (Å²) < 4.78 is 2.11. The third-order valence-corrected chi connectivity index (χ3v) is 7.27. The molecule has 0 bridgehead atoms. The van der Waals surface area contributed by atoms with Gasteiger partial charge in [-0.1, -0.05) is 62.2 Å². The Morgan fingerprint density at radius 3 is 2.42 bits per heavy atom. The van der Waals surface area contributed by atoms with Gasteiger partial charge in [0, 0.05) is 20.1 Å². The number of carbonyl (C=O) groups is 1. The Morgan fingerprint density at radius 2 is 1.73 bits per heavy atom. The minimum atomic E-state index is -0.934. The lowest BCUT2D eigenvalue weighted by atomic mass is 9.65. The maximum Gasteiger partial charge on any atom is 0.329 e. The molecule has 4 rings (SSSR count). The molecule has 0 aromatic heterocycles. The van der Waals surface area contributed by atoms with Crippen LogP contribution >= 0.6 is 31.9 Å². The van der Waals surface area contributed by atoms with Gasteiger partial charge in [0.2, 0.25) is 0 Å². The SMILES string of the molecule is O=C(O)C1(Nc2cccc(Br)c2)CCC2(CC1)C(Br)=Cc1ccccc12. The number of allylic oxidation sites excluding steroid dienone is 1. The lowest BCUT2D eigenvalue weighted by molar-refractivity contribution is -0.143. The summed E-state index contributed by atoms with van der Waals surface area (Å²) >= 11 is 7.23. The highest BCUT2D eigenvalue weighted by molar-refractivity contribution is 9.12. The Kier molecular flexibility index (Phi) is 4.48. The van der Waals surface area contributed by atoms with Crippen LogP contribution < -0.4 is 5.32 Å². The van der Waals surface area contributed by atoms with Crippen LogP contribution in [-0.4, -0.2) is 16.6 Å². The Hall–Kier alpha value is -1.59. The van der Waals surface area contributed by atoms with Crippen molar-refractivity contribution in [2.45, 2.75) is 36.6 Å². The number of fused-ring (bicyclic) bond motifs is 2. The first-order valence-corrected chi connectivity index (χ1v) is 10.3. The molecule has 0 atom stereocenters. The molecular formula is C21H19Br2NO2. The standard InChI is InChI=1S/C21H19Br2NO2/c22-15-5-3-6-16(13-15)24-21(19(25)26)10-8-20(9-11-21)17-7-2-1-4-14(17)12-18(20)23/h1-7,12-13,24H,8-11H2,(H,25,26). The fourth-order valence-corrected chi connectivity index (χ4v) is 5.56. The molecule has 2 aliphatic rings. The highest BCUT2D eigenvalue weighted by Crippen LogP contribution is 2.55. The van der Waals surface area contributed by atoms with Gasteiger partial charge in [0.1, 0.15) is 5.54 Å². The van der Waals surface area contributed by atoms with Gasteiger partial charge in [-0.25, -0.2) is 4.79 Å². The van der Waals surface area contributed by atoms with Crippen LogP contribution in [0.5, 0.6) is 0 Å². The molecule has 2 aromatic carbocycles. The molecule has 0 unspecified atom stereocenters. The Labute approximate surface area is 169 Å². The topological polar surface area (TPSA) is 49.3 Å². The molecule has 134 valence electrons. The van der Waals surface area contributed by atoms with E-state index in [-0.39, 0.29) is 5.41 Å². The fraction of sp³-hybridized carbons (Fsp3) is 0.286. The third kappa shape index (κ3) is 2.81. The van der Waals surface area contributed by atoms with E-state index in [1.165, 1.54) is 15.6 Å². The summed E-state index contributed by atoms with van der Waals surface area (Å²) in [5.74, 6) is -0.779. The van der Waals surface area contributed by atoms with Gasteiger partial charge in [-0.05, 0) is 61.1 Å². The molecule has 26 heavy (non-hydrogen) atoms. The average molecular weight is 477 g/mol. The molecule has 1 spiro atoms. The smallest absolute Gasteiger partial charge is 0.329 e. The van der Waals surface area contributed by atoms with Crippen molar-refractivity contribution in [1.29, 1.82) is 0 Å². The van der Waals surface area contributed by atoms with Crippen molar-refractivity contribution in [1.82, 2.24) is 0 Å². The quantitative estimate of drug-likeness (QED) is 0.575. The minimum Gasteiger partial charge on any atom is -0.480 e. The number of carboxylic acids is 1. The molecule has 0 saturated heterocycles. The Morgan fingerprint density at radius 1 is 1.00 bits per heavy atom. The highest BCUT2D eigenvalue weighted by Gasteiger charge is 2.51. The van der Waals surface area contributed by atoms with Crippen LogP contribution in [0.15, 0.2) is 57.5 Å². The largest absolute Gasteiger partial charge is 0.480 e. The second-order valence-electron chi connectivity index (χ2n) is 7.18. The number of rotatable bonds is 3. The summed E-state index contributed by atoms with van der Waals surface area (Å²) in [5.41, 5.74) is 2.36. The highest BCUT2D eigenvalue weighted by atomic mass is 79.9. The van der Waals surface area contributed by atoms with Gasteiger partial charge < -0.3 is 10.4 Å². The van der Waals surface area contributed by atoms with Crippen LogP contribution in [0.2, 0.25) is 0 Å². The van der Waals surface area contributed by atoms with Crippen molar-refractivity contribution in [3.8, 4) is 0 Å². The van der Waals surface area contributed by atoms with E-state index < -0.39 is 11.5 Å². The molecule has 2 N–H and O–H groups in total. The first-order chi connectivity index (χ1) is 12.5. The van der Waals surface area contributed by atoms with Crippen LogP contribution in [0.1, 0.15) is 36.8 Å². The maximum atomic E-state index is 12.2. The van der Waals surface area contributed by atoms with E-state index in [0.29, 0.717) is 12.8 Å². The molecule has 0 aliphatic heterocycles. The van der Waals surface area contributed by atoms with Gasteiger partial charge in [-0.3, -0.25) is 0 Å². The molecule has 0 radical (unpaired) electrons. The van der Waals surface area contributed by atoms with E-state index in [0.717, 1.165) is 23.0 Å². The zero-order valence-corrected chi connectivity index (χ0v) is 17.3. The number of benzene rings is 2. The first-order valence-electron chi connectivity index (χ1n) is 8.70. The molecule has 3 nitrogen and oxygen atoms in total. The number of carboxylic acid groups (broad SMARTS) is 1. The minimum absolute atomic E-state index is 0.0888. The van der Waals surface area contributed by atoms with Crippen LogP contribution in [0.4, 0.5) is 5.69 Å². The third-order valence-electron chi connectivity index (χ3n) is 5.79. The first kappa shape index (κ1) is 17.8. The number of hydrogen-bond donors (Lipinski definition) is 2. The number of anilines is 1. The summed E-state index contributed by atoms with van der Waals surface area (Å²) in [7, 11) is 0. The number of hydrogen-bond acceptors (Lipinski definition) is 2. The Balaban J connectivity index is 1.63. The van der Waals surface area contributed by atoms with Crippen molar-refractivity contribution >= 4 is 49.6 Å². The number of aliphatic carboxylic acids is 1. The molecule has 2 aromatic rings. The lowest BCUT2D eigenvalue weighted by Gasteiger charge is -2.44. The summed E-state index contributed by atoms with van der Waals surface area (Å²) in [5, 5.41) is 13.3. The van der Waals surface area contributed by atoms with E-state index in [1.807, 2.05) is 30.3 Å². The van der Waals surface area contributed by atoms with Crippen molar-refractivity contribution in [3.63, 3.8) is 0 Å². The second-order valence-corrected chi connectivity index (χ2v) is 8.95. The second kappa shape index (κ2) is 6.54. The molecule has 5 heteroatoms. The normalized spacial score (nSPS) is 27.1. The molecular weight excluding hydrogens is 458 g/mol. The van der Waals surface area contributed by atoms with E-state index in [1.54, 1.807) is 0 Å². The fourth-order valence-electron chi connectivity index (χ4n) is 4.31. The molecule has 1 fully saturated rings. The van der Waals surface area contributed by atoms with Gasteiger partial charge in [0.15, 0.2) is 0 Å². The van der Waals surface area contributed by atoms with Crippen LogP contribution in [-0.2, 0) is 10.2 Å². The predicted octanol–water partition coefficient (Wildman–Crippen LogP) is 5.95. The van der Waals surface area contributed by atoms with Crippen LogP contribution in [0, 0.1) is 0 Å². The zero-order chi connectivity index (χ0) is 18.4. The van der Waals surface area contributed by atoms with Crippen molar-refractivity contribution in [2.75, 3.05) is 5.32 Å². The van der Waals surface area contributed by atoms with Crippen molar-refractivity contribution in [3.05, 3.63) is 68.6 Å². The predicted molar refractivity (Wildman–Crippen MR) is 112 cm³/mol. The summed E-state index contributed by atoms with van der Waals surface area (Å²) in [4.78, 5) is 12.2. The summed E-state index contributed by atoms with van der Waals surface area (Å²) in [6.45, 7) is 0. The van der Waals surface area contributed by atoms with E-state index in [2.05, 4.69) is 61.5 Å². The Bertz CT molecular complexity index is 898. The van der Waals surface area contributed by atoms with E-state index in [4.69, 9.17) is 0 Å². The monoisotopic (exact) mass is 475 g/mol. The summed E-state index contributed by atoms with van der Waals surface area (Å²) in [6, 6.07) is 16.1. The van der Waals surface area contributed by atoms with Crippen molar-refractivity contribution in [2.24, 2.45) is 0 Å². The number of halogens is 2. The maximum absolute atomic E-state index is 12.2. The average Bonchev–Trinajstić information content (AvgIpc) is 2.89. The van der Waals surface area contributed by atoms with E-state index in [9.17, 15) is 9.90 Å². The lowest BCUT2D eigenvalue weighted by Crippen LogP contribution is -2.52. The van der Waals surface area contributed by atoms with Crippen molar-refractivity contribution < 1.29 is 9.90 Å². The van der Waals surface area contributed by atoms with Gasteiger partial charge in [0.25, 0.3) is 0 Å². The van der Waals surface area contributed by atoms with Gasteiger partial charge >= 0.3 is 5.97 Å². The van der Waals surface area contributed by atoms with E-state index >= 15 is 0 Å². The molecule has 2 aliphatic carbocycles. The van der Waals surface area contributed by atoms with Gasteiger partial charge in [-0.2, -0.15) is 0 Å². The van der Waals surface area contributed by atoms with Gasteiger partial charge in [-0.15, -0.1) is 0 Å². The van der Waals surface area contributed by atoms with Gasteiger partial charge in [0.05, 0.1) is 0 Å². The summed E-state index contributed by atoms with van der Waals surface area (Å²) in [6.07, 6.45) is 4.94.